The normalized spacial score (nSPS) is 11.4. The highest BCUT2D eigenvalue weighted by atomic mass is 32.2. The summed E-state index contributed by atoms with van der Waals surface area (Å²) < 4.78 is 45.7. The molecule has 4 aromatic rings. The number of hydrogen-bond donors (Lipinski definition) is 2. The van der Waals surface area contributed by atoms with E-state index in [-0.39, 0.29) is 22.2 Å². The molecule has 0 spiro atoms. The minimum absolute atomic E-state index is 0.00294. The number of fused-ring (bicyclic) bond motifs is 1. The molecule has 0 saturated carbocycles. The third-order valence-electron chi connectivity index (χ3n) is 4.02. The zero-order valence-electron chi connectivity index (χ0n) is 15.8. The highest BCUT2D eigenvalue weighted by Gasteiger charge is 2.15. The third-order valence-corrected chi connectivity index (χ3v) is 6.24. The molecule has 158 valence electrons. The zero-order valence-corrected chi connectivity index (χ0v) is 17.4. The monoisotopic (exact) mass is 458 g/mol. The summed E-state index contributed by atoms with van der Waals surface area (Å²) >= 11 is 1.12. The number of aromatic nitrogens is 2. The first kappa shape index (κ1) is 20.8. The number of hydrogen-bond acceptors (Lipinski definition) is 7. The van der Waals surface area contributed by atoms with Gasteiger partial charge in [-0.05, 0) is 60.7 Å². The van der Waals surface area contributed by atoms with Crippen molar-refractivity contribution < 1.29 is 22.0 Å². The van der Waals surface area contributed by atoms with Crippen molar-refractivity contribution >= 4 is 50.3 Å². The van der Waals surface area contributed by atoms with Gasteiger partial charge in [-0.25, -0.2) is 17.8 Å². The van der Waals surface area contributed by atoms with Crippen LogP contribution in [0.1, 0.15) is 0 Å². The minimum atomic E-state index is -3.85. The molecule has 2 heterocycles. The van der Waals surface area contributed by atoms with Gasteiger partial charge in [-0.2, -0.15) is 4.98 Å². The quantitative estimate of drug-likeness (QED) is 0.404. The summed E-state index contributed by atoms with van der Waals surface area (Å²) in [6.45, 7) is 0. The van der Waals surface area contributed by atoms with Crippen LogP contribution in [-0.2, 0) is 14.8 Å². The van der Waals surface area contributed by atoms with E-state index in [4.69, 9.17) is 4.42 Å². The highest BCUT2D eigenvalue weighted by molar-refractivity contribution is 7.99. The average Bonchev–Trinajstić information content (AvgIpc) is 3.17. The van der Waals surface area contributed by atoms with Gasteiger partial charge in [0.1, 0.15) is 5.82 Å². The van der Waals surface area contributed by atoms with Crippen LogP contribution in [-0.4, -0.2) is 30.0 Å². The van der Waals surface area contributed by atoms with Crippen molar-refractivity contribution in [3.8, 4) is 0 Å². The van der Waals surface area contributed by atoms with Crippen LogP contribution >= 0.6 is 11.8 Å². The number of halogens is 1. The SMILES string of the molecule is O=C(CSc1nc2ncccc2o1)Nc1ccc(S(=O)(=O)Nc2ccc(F)cc2)cc1. The molecule has 2 N–H and O–H groups in total. The summed E-state index contributed by atoms with van der Waals surface area (Å²) in [5.41, 5.74) is 1.68. The molecule has 1 amide bonds. The zero-order chi connectivity index (χ0) is 21.8. The molecule has 0 saturated heterocycles. The van der Waals surface area contributed by atoms with Crippen molar-refractivity contribution in [2.45, 2.75) is 10.1 Å². The number of nitrogens with zero attached hydrogens (tertiary/aromatic N) is 2. The topological polar surface area (TPSA) is 114 Å². The summed E-state index contributed by atoms with van der Waals surface area (Å²) in [5.74, 6) is -0.715. The van der Waals surface area contributed by atoms with Crippen molar-refractivity contribution in [3.63, 3.8) is 0 Å². The summed E-state index contributed by atoms with van der Waals surface area (Å²) in [6, 6.07) is 14.1. The predicted molar refractivity (Wildman–Crippen MR) is 115 cm³/mol. The van der Waals surface area contributed by atoms with Gasteiger partial charge < -0.3 is 9.73 Å². The molecule has 8 nitrogen and oxygen atoms in total. The molecule has 0 fully saturated rings. The number of rotatable bonds is 7. The lowest BCUT2D eigenvalue weighted by Gasteiger charge is -2.09. The van der Waals surface area contributed by atoms with Gasteiger partial charge in [-0.1, -0.05) is 11.8 Å². The molecule has 11 heteroatoms. The molecular weight excluding hydrogens is 443 g/mol. The Morgan fingerprint density at radius 3 is 2.45 bits per heavy atom. The van der Waals surface area contributed by atoms with E-state index in [1.165, 1.54) is 36.4 Å². The number of anilines is 2. The summed E-state index contributed by atoms with van der Waals surface area (Å²) in [7, 11) is -3.85. The van der Waals surface area contributed by atoms with E-state index in [0.717, 1.165) is 23.9 Å². The molecule has 0 aliphatic heterocycles. The minimum Gasteiger partial charge on any atom is -0.430 e. The molecule has 2 aromatic heterocycles. The van der Waals surface area contributed by atoms with Gasteiger partial charge in [0, 0.05) is 17.6 Å². The summed E-state index contributed by atoms with van der Waals surface area (Å²) in [6.07, 6.45) is 1.60. The van der Waals surface area contributed by atoms with E-state index in [2.05, 4.69) is 20.0 Å². The van der Waals surface area contributed by atoms with Crippen molar-refractivity contribution in [1.82, 2.24) is 9.97 Å². The number of pyridine rings is 1. The molecular formula is C20H15FN4O4S2. The summed E-state index contributed by atoms with van der Waals surface area (Å²) in [5, 5.41) is 3.01. The van der Waals surface area contributed by atoms with Crippen LogP contribution in [0, 0.1) is 5.82 Å². The van der Waals surface area contributed by atoms with Crippen LogP contribution in [0.2, 0.25) is 0 Å². The van der Waals surface area contributed by atoms with Crippen molar-refractivity contribution in [1.29, 1.82) is 0 Å². The smallest absolute Gasteiger partial charge is 0.261 e. The Hall–Kier alpha value is -3.44. The van der Waals surface area contributed by atoms with Gasteiger partial charge in [-0.15, -0.1) is 0 Å². The number of carbonyl (C=O) groups is 1. The van der Waals surface area contributed by atoms with Gasteiger partial charge in [-0.3, -0.25) is 9.52 Å². The Labute approximate surface area is 181 Å². The lowest BCUT2D eigenvalue weighted by atomic mass is 10.3. The molecule has 31 heavy (non-hydrogen) atoms. The number of amides is 1. The second kappa shape index (κ2) is 8.74. The number of carbonyl (C=O) groups excluding carboxylic acids is 1. The van der Waals surface area contributed by atoms with Crippen LogP contribution in [0.3, 0.4) is 0 Å². The van der Waals surface area contributed by atoms with E-state index < -0.39 is 15.8 Å². The second-order valence-corrected chi connectivity index (χ2v) is 8.89. The highest BCUT2D eigenvalue weighted by Crippen LogP contribution is 2.23. The number of benzene rings is 2. The Kier molecular flexibility index (Phi) is 5.87. The van der Waals surface area contributed by atoms with E-state index in [1.54, 1.807) is 18.3 Å². The molecule has 0 unspecified atom stereocenters. The van der Waals surface area contributed by atoms with Crippen molar-refractivity contribution in [2.75, 3.05) is 15.8 Å². The van der Waals surface area contributed by atoms with Crippen LogP contribution in [0.5, 0.6) is 0 Å². The number of oxazole rings is 1. The Bertz CT molecular complexity index is 1290. The third kappa shape index (κ3) is 5.19. The maximum Gasteiger partial charge on any atom is 0.261 e. The number of sulfonamides is 1. The molecule has 2 aromatic carbocycles. The van der Waals surface area contributed by atoms with Crippen molar-refractivity contribution in [3.05, 3.63) is 72.7 Å². The van der Waals surface area contributed by atoms with Crippen LogP contribution in [0.15, 0.2) is 81.4 Å². The molecule has 0 aliphatic carbocycles. The van der Waals surface area contributed by atoms with Crippen LogP contribution in [0.25, 0.3) is 11.2 Å². The standard InChI is InChI=1S/C20H15FN4O4S2/c21-13-3-5-15(6-4-13)25-31(27,28)16-9-7-14(8-10-16)23-18(26)12-30-20-24-19-17(29-20)2-1-11-22-19/h1-11,25H,12H2,(H,23,26). The van der Waals surface area contributed by atoms with Crippen molar-refractivity contribution in [2.24, 2.45) is 0 Å². The molecule has 0 bridgehead atoms. The van der Waals surface area contributed by atoms with E-state index >= 15 is 0 Å². The number of nitrogens with one attached hydrogen (secondary N) is 2. The van der Waals surface area contributed by atoms with E-state index in [1.807, 2.05) is 0 Å². The average molecular weight is 458 g/mol. The Morgan fingerprint density at radius 2 is 1.74 bits per heavy atom. The molecule has 0 aliphatic rings. The molecule has 0 atom stereocenters. The van der Waals surface area contributed by atoms with Gasteiger partial charge in [0.25, 0.3) is 15.2 Å². The first-order chi connectivity index (χ1) is 14.9. The maximum atomic E-state index is 13.0. The number of thioether (sulfide) groups is 1. The lowest BCUT2D eigenvalue weighted by Crippen LogP contribution is -2.15. The van der Waals surface area contributed by atoms with Gasteiger partial charge in [0.15, 0.2) is 11.2 Å². The maximum absolute atomic E-state index is 13.0. The van der Waals surface area contributed by atoms with Gasteiger partial charge >= 0.3 is 0 Å². The molecule has 4 rings (SSSR count). The van der Waals surface area contributed by atoms with Gasteiger partial charge in [0.05, 0.1) is 10.6 Å². The van der Waals surface area contributed by atoms with Crippen LogP contribution < -0.4 is 10.0 Å². The van der Waals surface area contributed by atoms with E-state index in [0.29, 0.717) is 22.1 Å². The fraction of sp³-hybridized carbons (Fsp3) is 0.0500. The van der Waals surface area contributed by atoms with E-state index in [9.17, 15) is 17.6 Å². The van der Waals surface area contributed by atoms with Gasteiger partial charge in [0.2, 0.25) is 5.91 Å². The lowest BCUT2D eigenvalue weighted by molar-refractivity contribution is -0.113. The largest absolute Gasteiger partial charge is 0.430 e. The Morgan fingerprint density at radius 1 is 1.03 bits per heavy atom. The molecule has 0 radical (unpaired) electrons. The summed E-state index contributed by atoms with van der Waals surface area (Å²) in [4.78, 5) is 20.4. The second-order valence-electron chi connectivity index (χ2n) is 6.28. The first-order valence-electron chi connectivity index (χ1n) is 8.92. The fourth-order valence-electron chi connectivity index (χ4n) is 2.58. The predicted octanol–water partition coefficient (Wildman–Crippen LogP) is 3.89. The van der Waals surface area contributed by atoms with Crippen LogP contribution in [0.4, 0.5) is 15.8 Å². The first-order valence-corrected chi connectivity index (χ1v) is 11.4. The Balaban J connectivity index is 1.35. The fourth-order valence-corrected chi connectivity index (χ4v) is 4.27.